The van der Waals surface area contributed by atoms with Crippen molar-refractivity contribution in [3.63, 3.8) is 0 Å². The lowest BCUT2D eigenvalue weighted by atomic mass is 9.81. The van der Waals surface area contributed by atoms with Crippen molar-refractivity contribution in [2.24, 2.45) is 0 Å². The summed E-state index contributed by atoms with van der Waals surface area (Å²) in [5.41, 5.74) is 1.67. The van der Waals surface area contributed by atoms with Crippen LogP contribution in [0.15, 0.2) is 18.2 Å². The van der Waals surface area contributed by atoms with Gasteiger partial charge in [0, 0.05) is 12.6 Å². The second-order valence-corrected chi connectivity index (χ2v) is 7.72. The van der Waals surface area contributed by atoms with Crippen molar-refractivity contribution < 1.29 is 19.1 Å². The van der Waals surface area contributed by atoms with E-state index in [1.54, 1.807) is 19.2 Å². The highest BCUT2D eigenvalue weighted by molar-refractivity contribution is 5.96. The number of likely N-dealkylation sites (N-methyl/N-ethyl adjacent to an activating group) is 1. The van der Waals surface area contributed by atoms with Gasteiger partial charge in [-0.3, -0.25) is 14.4 Å². The van der Waals surface area contributed by atoms with E-state index in [0.717, 1.165) is 30.4 Å². The molecule has 1 aliphatic rings. The summed E-state index contributed by atoms with van der Waals surface area (Å²) in [5, 5.41) is 12.1. The third-order valence-electron chi connectivity index (χ3n) is 5.68. The van der Waals surface area contributed by atoms with Gasteiger partial charge in [0.15, 0.2) is 6.10 Å². The van der Waals surface area contributed by atoms with E-state index in [2.05, 4.69) is 11.4 Å². The highest BCUT2D eigenvalue weighted by Crippen LogP contribution is 2.32. The normalized spacial score (nSPS) is 16.2. The summed E-state index contributed by atoms with van der Waals surface area (Å²) in [5.74, 6) is -1.50. The van der Waals surface area contributed by atoms with Crippen molar-refractivity contribution in [2.75, 3.05) is 13.6 Å². The molecule has 0 unspecified atom stereocenters. The number of hydrogen-bond donors (Lipinski definition) is 1. The maximum Gasteiger partial charge on any atom is 0.326 e. The number of ether oxygens (including phenoxy) is 1. The molecule has 29 heavy (non-hydrogen) atoms. The summed E-state index contributed by atoms with van der Waals surface area (Å²) in [6.07, 6.45) is 3.05. The molecule has 1 aromatic carbocycles. The number of nitrogens with one attached hydrogen (secondary N) is 1. The van der Waals surface area contributed by atoms with Crippen LogP contribution in [0.1, 0.15) is 60.5 Å². The molecule has 1 saturated carbocycles. The summed E-state index contributed by atoms with van der Waals surface area (Å²) < 4.78 is 5.19. The predicted octanol–water partition coefficient (Wildman–Crippen LogP) is 2.65. The van der Waals surface area contributed by atoms with E-state index in [4.69, 9.17) is 4.74 Å². The number of nitrogens with zero attached hydrogens (tertiary/aromatic N) is 2. The van der Waals surface area contributed by atoms with Crippen LogP contribution in [-0.4, -0.2) is 47.9 Å². The Labute approximate surface area is 172 Å². The van der Waals surface area contributed by atoms with Crippen LogP contribution in [0.4, 0.5) is 0 Å². The van der Waals surface area contributed by atoms with Crippen molar-refractivity contribution in [1.29, 1.82) is 5.26 Å². The lowest BCUT2D eigenvalue weighted by Gasteiger charge is -2.39. The highest BCUT2D eigenvalue weighted by atomic mass is 16.5. The molecule has 1 aromatic rings. The van der Waals surface area contributed by atoms with Gasteiger partial charge in [-0.2, -0.15) is 5.26 Å². The number of hydrogen-bond acceptors (Lipinski definition) is 5. The average molecular weight is 399 g/mol. The van der Waals surface area contributed by atoms with E-state index < -0.39 is 23.5 Å². The fraction of sp³-hybridized carbons (Fsp3) is 0.545. The number of rotatable bonds is 6. The van der Waals surface area contributed by atoms with Gasteiger partial charge in [0.1, 0.15) is 12.1 Å². The molecule has 0 aliphatic heterocycles. The number of benzene rings is 1. The van der Waals surface area contributed by atoms with Crippen LogP contribution in [0, 0.1) is 25.2 Å². The summed E-state index contributed by atoms with van der Waals surface area (Å²) in [6, 6.07) is 7.57. The molecular weight excluding hydrogens is 370 g/mol. The van der Waals surface area contributed by atoms with Crippen molar-refractivity contribution in [2.45, 2.75) is 64.5 Å². The average Bonchev–Trinajstić information content (AvgIpc) is 2.73. The van der Waals surface area contributed by atoms with Crippen molar-refractivity contribution >= 4 is 17.8 Å². The Kier molecular flexibility index (Phi) is 7.38. The van der Waals surface area contributed by atoms with Gasteiger partial charge in [-0.05, 0) is 56.9 Å². The lowest BCUT2D eigenvalue weighted by Crippen LogP contribution is -2.53. The molecule has 2 amide bonds. The molecule has 0 heterocycles. The van der Waals surface area contributed by atoms with Crippen LogP contribution in [0.25, 0.3) is 0 Å². The first kappa shape index (κ1) is 22.4. The van der Waals surface area contributed by atoms with Gasteiger partial charge in [-0.25, -0.2) is 0 Å². The molecular formula is C22H29N3O4. The maximum atomic E-state index is 12.7. The molecule has 1 aliphatic carbocycles. The minimum absolute atomic E-state index is 0.337. The first-order chi connectivity index (χ1) is 13.7. The van der Waals surface area contributed by atoms with Crippen LogP contribution < -0.4 is 5.32 Å². The predicted molar refractivity (Wildman–Crippen MR) is 108 cm³/mol. The Morgan fingerprint density at radius 1 is 1.21 bits per heavy atom. The van der Waals surface area contributed by atoms with Crippen molar-refractivity contribution in [3.05, 3.63) is 34.9 Å². The number of nitriles is 1. The first-order valence-electron chi connectivity index (χ1n) is 9.94. The molecule has 1 atom stereocenters. The van der Waals surface area contributed by atoms with Crippen LogP contribution in [0.2, 0.25) is 0 Å². The number of amides is 2. The molecule has 1 N–H and O–H groups in total. The standard InChI is InChI=1S/C22H29N3O4/c1-15-8-9-18(12-16(15)2)20(27)24-13-19(26)29-17(3)21(28)25(4)22(14-23)10-6-5-7-11-22/h8-9,12,17H,5-7,10-11,13H2,1-4H3,(H,24,27)/t17-/m0/s1. The van der Waals surface area contributed by atoms with Gasteiger partial charge < -0.3 is 15.0 Å². The molecule has 0 spiro atoms. The molecule has 7 nitrogen and oxygen atoms in total. The van der Waals surface area contributed by atoms with Crippen molar-refractivity contribution in [3.8, 4) is 6.07 Å². The molecule has 0 bridgehead atoms. The van der Waals surface area contributed by atoms with Gasteiger partial charge in [0.05, 0.1) is 6.07 Å². The topological polar surface area (TPSA) is 99.5 Å². The highest BCUT2D eigenvalue weighted by Gasteiger charge is 2.40. The fourth-order valence-electron chi connectivity index (χ4n) is 3.57. The van der Waals surface area contributed by atoms with E-state index in [9.17, 15) is 19.6 Å². The summed E-state index contributed by atoms with van der Waals surface area (Å²) in [4.78, 5) is 38.4. The third kappa shape index (κ3) is 5.35. The number of carbonyl (C=O) groups excluding carboxylic acids is 3. The summed E-state index contributed by atoms with van der Waals surface area (Å²) in [7, 11) is 1.59. The molecule has 7 heteroatoms. The van der Waals surface area contributed by atoms with Crippen LogP contribution in [-0.2, 0) is 14.3 Å². The summed E-state index contributed by atoms with van der Waals surface area (Å²) in [6.45, 7) is 5.00. The quantitative estimate of drug-likeness (QED) is 0.742. The number of carbonyl (C=O) groups is 3. The van der Waals surface area contributed by atoms with Gasteiger partial charge in [0.2, 0.25) is 0 Å². The molecule has 0 radical (unpaired) electrons. The zero-order valence-corrected chi connectivity index (χ0v) is 17.6. The van der Waals surface area contributed by atoms with Gasteiger partial charge >= 0.3 is 5.97 Å². The van der Waals surface area contributed by atoms with E-state index in [1.165, 1.54) is 11.8 Å². The van der Waals surface area contributed by atoms with Gasteiger partial charge in [-0.15, -0.1) is 0 Å². The summed E-state index contributed by atoms with van der Waals surface area (Å²) >= 11 is 0. The fourth-order valence-corrected chi connectivity index (χ4v) is 3.57. The second-order valence-electron chi connectivity index (χ2n) is 7.72. The zero-order valence-electron chi connectivity index (χ0n) is 17.6. The Morgan fingerprint density at radius 3 is 2.45 bits per heavy atom. The third-order valence-corrected chi connectivity index (χ3v) is 5.68. The Balaban J connectivity index is 1.89. The Hall–Kier alpha value is -2.88. The second kappa shape index (κ2) is 9.55. The van der Waals surface area contributed by atoms with Crippen molar-refractivity contribution in [1.82, 2.24) is 10.2 Å². The molecule has 2 rings (SSSR count). The monoisotopic (exact) mass is 399 g/mol. The minimum atomic E-state index is -1.03. The largest absolute Gasteiger partial charge is 0.451 e. The van der Waals surface area contributed by atoms with Crippen LogP contribution in [0.3, 0.4) is 0 Å². The molecule has 156 valence electrons. The van der Waals surface area contributed by atoms with Gasteiger partial charge in [0.25, 0.3) is 11.8 Å². The van der Waals surface area contributed by atoms with E-state index in [1.807, 2.05) is 19.9 Å². The van der Waals surface area contributed by atoms with E-state index >= 15 is 0 Å². The minimum Gasteiger partial charge on any atom is -0.451 e. The first-order valence-corrected chi connectivity index (χ1v) is 9.94. The zero-order chi connectivity index (χ0) is 21.6. The van der Waals surface area contributed by atoms with Gasteiger partial charge in [-0.1, -0.05) is 25.3 Å². The SMILES string of the molecule is Cc1ccc(C(=O)NCC(=O)O[C@@H](C)C(=O)N(C)C2(C#N)CCCCC2)cc1C. The van der Waals surface area contributed by atoms with Crippen LogP contribution in [0.5, 0.6) is 0 Å². The maximum absolute atomic E-state index is 12.7. The van der Waals surface area contributed by atoms with E-state index in [-0.39, 0.29) is 12.5 Å². The Bertz CT molecular complexity index is 822. The molecule has 0 saturated heterocycles. The van der Waals surface area contributed by atoms with E-state index in [0.29, 0.717) is 18.4 Å². The smallest absolute Gasteiger partial charge is 0.326 e. The molecule has 1 fully saturated rings. The Morgan fingerprint density at radius 2 is 1.86 bits per heavy atom. The number of esters is 1. The molecule has 0 aromatic heterocycles. The lowest BCUT2D eigenvalue weighted by molar-refractivity contribution is -0.160. The number of aryl methyl sites for hydroxylation is 2. The van der Waals surface area contributed by atoms with Crippen LogP contribution >= 0.6 is 0 Å².